The summed E-state index contributed by atoms with van der Waals surface area (Å²) in [4.78, 5) is 0. The van der Waals surface area contributed by atoms with Crippen LogP contribution in [0.25, 0.3) is 10.9 Å². The van der Waals surface area contributed by atoms with E-state index in [1.165, 1.54) is 0 Å². The van der Waals surface area contributed by atoms with E-state index in [-0.39, 0.29) is 0 Å². The molecule has 1 unspecified atom stereocenters. The van der Waals surface area contributed by atoms with Gasteiger partial charge in [0.2, 0.25) is 0 Å². The van der Waals surface area contributed by atoms with Gasteiger partial charge in [0.25, 0.3) is 0 Å². The molecule has 0 fully saturated rings. The van der Waals surface area contributed by atoms with Gasteiger partial charge in [-0.3, -0.25) is 0 Å². The molecule has 3 nitrogen and oxygen atoms in total. The average molecular weight is 317 g/mol. The zero-order valence-corrected chi connectivity index (χ0v) is 13.2. The van der Waals surface area contributed by atoms with Crippen LogP contribution >= 0.6 is 11.6 Å². The van der Waals surface area contributed by atoms with Crippen molar-refractivity contribution in [3.8, 4) is 0 Å². The number of halogens is 1. The van der Waals surface area contributed by atoms with Crippen LogP contribution in [0.4, 0.5) is 0 Å². The Balaban J connectivity index is 2.58. The number of aryl methyl sites for hydroxylation is 1. The Morgan fingerprint density at radius 2 is 1.95 bits per heavy atom. The second-order valence-corrected chi connectivity index (χ2v) is 7.97. The average Bonchev–Trinajstić information content (AvgIpc) is 2.72. The second kappa shape index (κ2) is 4.12. The van der Waals surface area contributed by atoms with Crippen LogP contribution in [-0.4, -0.2) is 15.0 Å². The Kier molecular flexibility index (Phi) is 2.53. The van der Waals surface area contributed by atoms with E-state index in [0.717, 1.165) is 31.3 Å². The molecule has 1 atom stereocenters. The standard InChI is InChI=1S/C16H13ClN2OS/c1-19-13-6-4-3-5-11(13)15-12-9-10(17)7-8-14(12)21(2,20)18-16(15)19/h3-9H,1-2H3. The Morgan fingerprint density at radius 3 is 2.76 bits per heavy atom. The van der Waals surface area contributed by atoms with Crippen molar-refractivity contribution in [3.05, 3.63) is 67.9 Å². The van der Waals surface area contributed by atoms with Crippen molar-refractivity contribution in [2.45, 2.75) is 0 Å². The molecule has 0 saturated heterocycles. The molecule has 0 amide bonds. The van der Waals surface area contributed by atoms with Crippen LogP contribution in [0, 0.1) is 14.9 Å². The van der Waals surface area contributed by atoms with Gasteiger partial charge in [-0.15, -0.1) is 0 Å². The maximum absolute atomic E-state index is 12.9. The van der Waals surface area contributed by atoms with Crippen LogP contribution in [0.5, 0.6) is 0 Å². The normalized spacial score (nSPS) is 20.0. The van der Waals surface area contributed by atoms with E-state index in [0.29, 0.717) is 5.02 Å². The fourth-order valence-corrected chi connectivity index (χ4v) is 4.70. The van der Waals surface area contributed by atoms with Gasteiger partial charge >= 0.3 is 0 Å². The third-order valence-corrected chi connectivity index (χ3v) is 5.88. The summed E-state index contributed by atoms with van der Waals surface area (Å²) in [7, 11) is -0.493. The quantitative estimate of drug-likeness (QED) is 0.587. The van der Waals surface area contributed by atoms with Crippen LogP contribution in [0.15, 0.2) is 46.9 Å². The molecule has 5 heteroatoms. The minimum absolute atomic E-state index is 0.643. The fourth-order valence-electron chi connectivity index (χ4n) is 2.99. The molecular formula is C16H13ClN2OS. The number of fused-ring (bicyclic) bond motifs is 4. The number of nitrogens with zero attached hydrogens (tertiary/aromatic N) is 2. The lowest BCUT2D eigenvalue weighted by Gasteiger charge is -2.04. The molecule has 1 aromatic heterocycles. The monoisotopic (exact) mass is 316 g/mol. The fraction of sp³-hybridized carbons (Fsp3) is 0.125. The first kappa shape index (κ1) is 12.9. The molecule has 4 rings (SSSR count). The predicted molar refractivity (Wildman–Crippen MR) is 86.1 cm³/mol. The number of rotatable bonds is 0. The smallest absolute Gasteiger partial charge is 0.151 e. The van der Waals surface area contributed by atoms with Crippen molar-refractivity contribution in [3.63, 3.8) is 0 Å². The Labute approximate surface area is 127 Å². The number of para-hydroxylation sites is 1. The number of aromatic nitrogens is 1. The minimum atomic E-state index is -2.45. The van der Waals surface area contributed by atoms with Gasteiger partial charge in [0.1, 0.15) is 0 Å². The maximum Gasteiger partial charge on any atom is 0.151 e. The van der Waals surface area contributed by atoms with Crippen molar-refractivity contribution in [1.82, 2.24) is 4.57 Å². The summed E-state index contributed by atoms with van der Waals surface area (Å²) in [6.45, 7) is 0. The van der Waals surface area contributed by atoms with Gasteiger partial charge in [0.15, 0.2) is 5.49 Å². The van der Waals surface area contributed by atoms with E-state index in [9.17, 15) is 4.21 Å². The van der Waals surface area contributed by atoms with E-state index < -0.39 is 9.71 Å². The first-order valence-electron chi connectivity index (χ1n) is 6.58. The molecule has 106 valence electrons. The highest BCUT2D eigenvalue weighted by molar-refractivity contribution is 7.93. The molecule has 2 heterocycles. The second-order valence-electron chi connectivity index (χ2n) is 5.31. The molecule has 0 spiro atoms. The molecule has 0 saturated carbocycles. The summed E-state index contributed by atoms with van der Waals surface area (Å²) in [5, 5.41) is 3.70. The maximum atomic E-state index is 12.9. The summed E-state index contributed by atoms with van der Waals surface area (Å²) >= 11 is 6.16. The van der Waals surface area contributed by atoms with Crippen molar-refractivity contribution in [1.29, 1.82) is 0 Å². The first-order chi connectivity index (χ1) is 9.99. The number of benzene rings is 2. The Bertz CT molecular complexity index is 1220. The summed E-state index contributed by atoms with van der Waals surface area (Å²) in [5.74, 6) is 0. The summed E-state index contributed by atoms with van der Waals surface area (Å²) in [6, 6.07) is 13.6. The molecule has 1 aliphatic heterocycles. The van der Waals surface area contributed by atoms with Gasteiger partial charge in [-0.05, 0) is 24.3 Å². The molecule has 2 aromatic carbocycles. The molecule has 0 aliphatic carbocycles. The molecular weight excluding hydrogens is 304 g/mol. The Morgan fingerprint density at radius 1 is 1.19 bits per heavy atom. The van der Waals surface area contributed by atoms with E-state index in [1.807, 2.05) is 41.9 Å². The summed E-state index contributed by atoms with van der Waals surface area (Å²) in [5.41, 5.74) is 1.84. The van der Waals surface area contributed by atoms with Crippen LogP contribution < -0.4 is 5.49 Å². The zero-order chi connectivity index (χ0) is 14.8. The zero-order valence-electron chi connectivity index (χ0n) is 11.6. The van der Waals surface area contributed by atoms with Gasteiger partial charge in [-0.25, -0.2) is 4.21 Å². The molecule has 0 radical (unpaired) electrons. The van der Waals surface area contributed by atoms with Crippen molar-refractivity contribution in [2.75, 3.05) is 6.26 Å². The molecule has 21 heavy (non-hydrogen) atoms. The van der Waals surface area contributed by atoms with Gasteiger partial charge in [-0.1, -0.05) is 29.8 Å². The highest BCUT2D eigenvalue weighted by atomic mass is 35.5. The lowest BCUT2D eigenvalue weighted by molar-refractivity contribution is 0.681. The van der Waals surface area contributed by atoms with E-state index in [1.54, 1.807) is 12.3 Å². The predicted octanol–water partition coefficient (Wildman–Crippen LogP) is 2.83. The van der Waals surface area contributed by atoms with Crippen LogP contribution in [0.3, 0.4) is 0 Å². The van der Waals surface area contributed by atoms with E-state index in [2.05, 4.69) is 10.5 Å². The molecule has 0 N–H and O–H groups in total. The van der Waals surface area contributed by atoms with E-state index in [4.69, 9.17) is 11.6 Å². The van der Waals surface area contributed by atoms with Gasteiger partial charge in [-0.2, -0.15) is 4.40 Å². The first-order valence-corrected chi connectivity index (χ1v) is 8.89. The molecule has 0 bridgehead atoms. The highest BCUT2D eigenvalue weighted by Gasteiger charge is 2.13. The van der Waals surface area contributed by atoms with Crippen molar-refractivity contribution in [2.24, 2.45) is 11.4 Å². The number of hydrogen-bond acceptors (Lipinski definition) is 1. The minimum Gasteiger partial charge on any atom is -0.328 e. The van der Waals surface area contributed by atoms with Crippen LogP contribution in [-0.2, 0) is 16.8 Å². The third kappa shape index (κ3) is 1.69. The van der Waals surface area contributed by atoms with Crippen LogP contribution in [0.2, 0.25) is 5.02 Å². The largest absolute Gasteiger partial charge is 0.328 e. The lowest BCUT2D eigenvalue weighted by atomic mass is 10.2. The SMILES string of the molecule is Cn1c2c(c3ccccc31)=c1cc(Cl)ccc1=S(C)(=O)N=2. The molecule has 3 aromatic rings. The topological polar surface area (TPSA) is 34.4 Å². The van der Waals surface area contributed by atoms with Crippen LogP contribution in [0.1, 0.15) is 0 Å². The van der Waals surface area contributed by atoms with Crippen molar-refractivity contribution >= 4 is 32.2 Å². The third-order valence-electron chi connectivity index (χ3n) is 3.96. The Hall–Kier alpha value is -1.78. The van der Waals surface area contributed by atoms with Crippen molar-refractivity contribution < 1.29 is 4.21 Å². The number of hydrogen-bond donors (Lipinski definition) is 0. The highest BCUT2D eigenvalue weighted by Crippen LogP contribution is 2.19. The molecule has 1 aliphatic rings. The summed E-state index contributed by atoms with van der Waals surface area (Å²) < 4.78 is 20.2. The van der Waals surface area contributed by atoms with Gasteiger partial charge < -0.3 is 4.57 Å². The lowest BCUT2D eigenvalue weighted by Crippen LogP contribution is -2.19. The van der Waals surface area contributed by atoms with Gasteiger partial charge in [0.05, 0.1) is 19.7 Å². The van der Waals surface area contributed by atoms with Gasteiger partial charge in [0, 0.05) is 34.1 Å². The van der Waals surface area contributed by atoms with E-state index >= 15 is 0 Å². The summed E-state index contributed by atoms with van der Waals surface area (Å²) in [6.07, 6.45) is 1.68.